The van der Waals surface area contributed by atoms with Gasteiger partial charge in [0.25, 0.3) is 0 Å². The molecule has 102 valence electrons. The summed E-state index contributed by atoms with van der Waals surface area (Å²) in [6, 6.07) is 4.20. The molecule has 3 heteroatoms. The summed E-state index contributed by atoms with van der Waals surface area (Å²) in [5.74, 6) is 0.965. The Morgan fingerprint density at radius 3 is 2.22 bits per heavy atom. The normalized spacial score (nSPS) is 12.1. The number of aromatic nitrogens is 1. The van der Waals surface area contributed by atoms with Gasteiger partial charge in [-0.3, -0.25) is 9.88 Å². The van der Waals surface area contributed by atoms with Crippen molar-refractivity contribution >= 4 is 12.6 Å². The van der Waals surface area contributed by atoms with Crippen molar-refractivity contribution in [2.75, 3.05) is 18.8 Å². The van der Waals surface area contributed by atoms with Gasteiger partial charge in [0, 0.05) is 25.5 Å². The molecular weight excluding hydrogens is 240 g/mol. The highest BCUT2D eigenvalue weighted by Gasteiger charge is 2.26. The molecule has 2 nitrogen and oxygen atoms in total. The lowest BCUT2D eigenvalue weighted by molar-refractivity contribution is 0.157. The second-order valence-corrected chi connectivity index (χ2v) is 5.34. The van der Waals surface area contributed by atoms with Crippen LogP contribution in [0.5, 0.6) is 0 Å². The first-order valence-corrected chi connectivity index (χ1v) is 7.55. The Morgan fingerprint density at radius 2 is 1.78 bits per heavy atom. The van der Waals surface area contributed by atoms with Crippen LogP contribution >= 0.6 is 12.6 Å². The fourth-order valence-corrected chi connectivity index (χ4v) is 2.79. The lowest BCUT2D eigenvalue weighted by Gasteiger charge is -2.36. The molecule has 0 amide bonds. The van der Waals surface area contributed by atoms with Gasteiger partial charge in [-0.2, -0.15) is 12.6 Å². The maximum absolute atomic E-state index is 4.56. The Balaban J connectivity index is 2.66. The van der Waals surface area contributed by atoms with E-state index < -0.39 is 0 Å². The van der Waals surface area contributed by atoms with Crippen molar-refractivity contribution in [3.63, 3.8) is 0 Å². The Labute approximate surface area is 117 Å². The summed E-state index contributed by atoms with van der Waals surface area (Å²) in [6.07, 6.45) is 6.13. The molecule has 0 N–H and O–H groups in total. The fourth-order valence-electron chi connectivity index (χ4n) is 2.25. The standard InChI is InChI=1S/C15H26N2S/c1-4-15(5-2,13-18)12-17(6-3)11-14-7-9-16-10-8-14/h7-10,18H,4-6,11-13H2,1-3H3. The van der Waals surface area contributed by atoms with Gasteiger partial charge in [0.2, 0.25) is 0 Å². The van der Waals surface area contributed by atoms with Crippen molar-refractivity contribution in [1.29, 1.82) is 0 Å². The average Bonchev–Trinajstić information content (AvgIpc) is 2.45. The van der Waals surface area contributed by atoms with Gasteiger partial charge in [-0.25, -0.2) is 0 Å². The van der Waals surface area contributed by atoms with Crippen molar-refractivity contribution in [2.24, 2.45) is 5.41 Å². The lowest BCUT2D eigenvalue weighted by Crippen LogP contribution is -2.38. The number of nitrogens with zero attached hydrogens (tertiary/aromatic N) is 2. The summed E-state index contributed by atoms with van der Waals surface area (Å²) in [5.41, 5.74) is 1.69. The second-order valence-electron chi connectivity index (χ2n) is 5.02. The van der Waals surface area contributed by atoms with E-state index in [9.17, 15) is 0 Å². The van der Waals surface area contributed by atoms with E-state index in [4.69, 9.17) is 0 Å². The topological polar surface area (TPSA) is 16.1 Å². The zero-order valence-corrected chi connectivity index (χ0v) is 12.8. The first-order chi connectivity index (χ1) is 8.69. The van der Waals surface area contributed by atoms with Crippen LogP contribution in [0.3, 0.4) is 0 Å². The minimum Gasteiger partial charge on any atom is -0.299 e. The SMILES string of the molecule is CCN(Cc1ccncc1)CC(CC)(CC)CS. The molecule has 0 saturated carbocycles. The van der Waals surface area contributed by atoms with Gasteiger partial charge in [0.1, 0.15) is 0 Å². The van der Waals surface area contributed by atoms with Crippen LogP contribution in [0.2, 0.25) is 0 Å². The van der Waals surface area contributed by atoms with E-state index >= 15 is 0 Å². The monoisotopic (exact) mass is 266 g/mol. The van der Waals surface area contributed by atoms with Crippen molar-refractivity contribution in [1.82, 2.24) is 9.88 Å². The molecule has 0 aliphatic heterocycles. The summed E-state index contributed by atoms with van der Waals surface area (Å²) in [4.78, 5) is 6.58. The van der Waals surface area contributed by atoms with Crippen LogP contribution in [-0.4, -0.2) is 28.7 Å². The third-order valence-electron chi connectivity index (χ3n) is 4.00. The van der Waals surface area contributed by atoms with E-state index in [-0.39, 0.29) is 0 Å². The Morgan fingerprint density at radius 1 is 1.17 bits per heavy atom. The maximum Gasteiger partial charge on any atom is 0.0271 e. The molecule has 0 aliphatic carbocycles. The summed E-state index contributed by atoms with van der Waals surface area (Å²) in [7, 11) is 0. The van der Waals surface area contributed by atoms with Crippen molar-refractivity contribution in [2.45, 2.75) is 40.2 Å². The van der Waals surface area contributed by atoms with Crippen molar-refractivity contribution in [3.05, 3.63) is 30.1 Å². The predicted octanol–water partition coefficient (Wildman–Crippen LogP) is 3.64. The van der Waals surface area contributed by atoms with Crippen LogP contribution < -0.4 is 0 Å². The van der Waals surface area contributed by atoms with E-state index in [1.165, 1.54) is 18.4 Å². The van der Waals surface area contributed by atoms with Gasteiger partial charge in [0.05, 0.1) is 0 Å². The third-order valence-corrected chi connectivity index (χ3v) is 4.67. The molecule has 0 fully saturated rings. The minimum absolute atomic E-state index is 0.353. The van der Waals surface area contributed by atoms with Gasteiger partial charge in [-0.1, -0.05) is 20.8 Å². The maximum atomic E-state index is 4.56. The van der Waals surface area contributed by atoms with E-state index in [1.54, 1.807) is 0 Å². The van der Waals surface area contributed by atoms with Crippen LogP contribution in [-0.2, 0) is 6.54 Å². The van der Waals surface area contributed by atoms with E-state index in [1.807, 2.05) is 12.4 Å². The van der Waals surface area contributed by atoms with Crippen LogP contribution in [0.15, 0.2) is 24.5 Å². The molecule has 1 aromatic rings. The molecule has 1 rings (SSSR count). The summed E-state index contributed by atoms with van der Waals surface area (Å²) < 4.78 is 0. The molecule has 18 heavy (non-hydrogen) atoms. The summed E-state index contributed by atoms with van der Waals surface area (Å²) in [6.45, 7) is 10.0. The van der Waals surface area contributed by atoms with E-state index in [0.717, 1.165) is 25.4 Å². The van der Waals surface area contributed by atoms with Gasteiger partial charge < -0.3 is 0 Å². The highest BCUT2D eigenvalue weighted by atomic mass is 32.1. The van der Waals surface area contributed by atoms with Crippen molar-refractivity contribution in [3.8, 4) is 0 Å². The number of pyridine rings is 1. The smallest absolute Gasteiger partial charge is 0.0271 e. The quantitative estimate of drug-likeness (QED) is 0.723. The molecule has 0 spiro atoms. The molecule has 0 aliphatic rings. The molecule has 0 unspecified atom stereocenters. The van der Waals surface area contributed by atoms with E-state index in [0.29, 0.717) is 5.41 Å². The van der Waals surface area contributed by atoms with Crippen LogP contribution in [0.4, 0.5) is 0 Å². The van der Waals surface area contributed by atoms with Crippen LogP contribution in [0.1, 0.15) is 39.2 Å². The highest BCUT2D eigenvalue weighted by molar-refractivity contribution is 7.80. The zero-order chi connectivity index (χ0) is 13.4. The average molecular weight is 266 g/mol. The number of rotatable bonds is 8. The molecule has 0 saturated heterocycles. The molecule has 0 radical (unpaired) electrons. The van der Waals surface area contributed by atoms with Crippen LogP contribution in [0, 0.1) is 5.41 Å². The zero-order valence-electron chi connectivity index (χ0n) is 11.9. The van der Waals surface area contributed by atoms with E-state index in [2.05, 4.69) is 55.4 Å². The molecule has 1 heterocycles. The Kier molecular flexibility index (Phi) is 6.72. The van der Waals surface area contributed by atoms with Gasteiger partial charge >= 0.3 is 0 Å². The minimum atomic E-state index is 0.353. The number of thiol groups is 1. The van der Waals surface area contributed by atoms with Crippen molar-refractivity contribution < 1.29 is 0 Å². The van der Waals surface area contributed by atoms with Gasteiger partial charge in [-0.15, -0.1) is 0 Å². The predicted molar refractivity (Wildman–Crippen MR) is 82.1 cm³/mol. The lowest BCUT2D eigenvalue weighted by atomic mass is 9.83. The fraction of sp³-hybridized carbons (Fsp3) is 0.667. The summed E-state index contributed by atoms with van der Waals surface area (Å²) in [5, 5.41) is 0. The molecule has 0 bridgehead atoms. The van der Waals surface area contributed by atoms with Gasteiger partial charge in [-0.05, 0) is 48.3 Å². The van der Waals surface area contributed by atoms with Gasteiger partial charge in [0.15, 0.2) is 0 Å². The van der Waals surface area contributed by atoms with Crippen LogP contribution in [0.25, 0.3) is 0 Å². The summed E-state index contributed by atoms with van der Waals surface area (Å²) >= 11 is 4.56. The first kappa shape index (κ1) is 15.5. The largest absolute Gasteiger partial charge is 0.299 e. The molecule has 0 atom stereocenters. The number of hydrogen-bond acceptors (Lipinski definition) is 3. The highest BCUT2D eigenvalue weighted by Crippen LogP contribution is 2.29. The Hall–Kier alpha value is -0.540. The third kappa shape index (κ3) is 4.29. The molecule has 0 aromatic carbocycles. The molecule has 1 aromatic heterocycles. The number of hydrogen-bond donors (Lipinski definition) is 1. The first-order valence-electron chi connectivity index (χ1n) is 6.91. The Bertz CT molecular complexity index is 314. The molecular formula is C15H26N2S. The second kappa shape index (κ2) is 7.80.